The van der Waals surface area contributed by atoms with Crippen molar-refractivity contribution in [2.45, 2.75) is 18.1 Å². The molecule has 0 radical (unpaired) electrons. The van der Waals surface area contributed by atoms with Gasteiger partial charge in [-0.15, -0.1) is 0 Å². The molecule has 23 heavy (non-hydrogen) atoms. The molecule has 0 fully saturated rings. The average Bonchev–Trinajstić information content (AvgIpc) is 2.53. The van der Waals surface area contributed by atoms with E-state index in [0.29, 0.717) is 0 Å². The highest BCUT2D eigenvalue weighted by atomic mass is 16.4. The first kappa shape index (κ1) is 20.7. The van der Waals surface area contributed by atoms with Crippen LogP contribution in [0.15, 0.2) is 0 Å². The van der Waals surface area contributed by atoms with E-state index in [9.17, 15) is 19.2 Å². The molecule has 0 spiro atoms. The van der Waals surface area contributed by atoms with Gasteiger partial charge < -0.3 is 42.1 Å². The number of carbonyl (C=O) groups excluding carboxylic acids is 3. The number of nitrogens with two attached hydrogens (primary N) is 1. The Bertz CT molecular complexity index is 444. The number of hydrogen-bond donors (Lipinski definition) is 8. The van der Waals surface area contributed by atoms with Crippen LogP contribution in [0.5, 0.6) is 0 Å². The van der Waals surface area contributed by atoms with Crippen LogP contribution in [0.25, 0.3) is 0 Å². The summed E-state index contributed by atoms with van der Waals surface area (Å²) in [6, 6.07) is -4.27. The highest BCUT2D eigenvalue weighted by Gasteiger charge is 2.25. The molecule has 3 atom stereocenters. The van der Waals surface area contributed by atoms with E-state index in [-0.39, 0.29) is 0 Å². The molecule has 12 nitrogen and oxygen atoms in total. The van der Waals surface area contributed by atoms with Gasteiger partial charge in [0.1, 0.15) is 18.1 Å². The molecule has 12 heteroatoms. The van der Waals surface area contributed by atoms with Crippen LogP contribution in [0, 0.1) is 0 Å². The molecule has 3 amide bonds. The zero-order valence-electron chi connectivity index (χ0n) is 12.1. The van der Waals surface area contributed by atoms with Crippen LogP contribution in [0.4, 0.5) is 0 Å². The summed E-state index contributed by atoms with van der Waals surface area (Å²) in [5.74, 6) is -4.16. The maximum atomic E-state index is 11.7. The summed E-state index contributed by atoms with van der Waals surface area (Å²) in [6.07, 6.45) is 0. The molecule has 0 aromatic heterocycles. The van der Waals surface area contributed by atoms with Gasteiger partial charge in [0.25, 0.3) is 0 Å². The fraction of sp³-hybridized carbons (Fsp3) is 0.636. The van der Waals surface area contributed by atoms with Gasteiger partial charge in [0.15, 0.2) is 0 Å². The summed E-state index contributed by atoms with van der Waals surface area (Å²) in [5.41, 5.74) is 5.20. The second-order valence-corrected chi connectivity index (χ2v) is 4.39. The molecule has 0 saturated heterocycles. The largest absolute Gasteiger partial charge is 0.480 e. The number of amides is 3. The van der Waals surface area contributed by atoms with Gasteiger partial charge in [-0.2, -0.15) is 0 Å². The number of aliphatic hydroxyl groups is 3. The topological polar surface area (TPSA) is 211 Å². The SMILES string of the molecule is NC(CO)C(=O)NCC(=O)NC(CO)C(=O)NC(CO)C(=O)O. The molecule has 0 rings (SSSR count). The second-order valence-electron chi connectivity index (χ2n) is 4.39. The first-order valence-electron chi connectivity index (χ1n) is 6.45. The smallest absolute Gasteiger partial charge is 0.328 e. The van der Waals surface area contributed by atoms with E-state index >= 15 is 0 Å². The lowest BCUT2D eigenvalue weighted by molar-refractivity contribution is -0.143. The Morgan fingerprint density at radius 3 is 1.87 bits per heavy atom. The Morgan fingerprint density at radius 2 is 1.43 bits per heavy atom. The molecule has 0 saturated carbocycles. The summed E-state index contributed by atoms with van der Waals surface area (Å²) in [5, 5.41) is 41.2. The lowest BCUT2D eigenvalue weighted by atomic mass is 10.2. The minimum absolute atomic E-state index is 0.571. The molecule has 0 aromatic rings. The van der Waals surface area contributed by atoms with Gasteiger partial charge in [0.05, 0.1) is 26.4 Å². The second kappa shape index (κ2) is 10.4. The predicted molar refractivity (Wildman–Crippen MR) is 73.7 cm³/mol. The third-order valence-corrected chi connectivity index (χ3v) is 2.59. The minimum Gasteiger partial charge on any atom is -0.480 e. The van der Waals surface area contributed by atoms with Crippen molar-refractivity contribution in [1.82, 2.24) is 16.0 Å². The number of aliphatic hydroxyl groups excluding tert-OH is 3. The molecule has 0 aliphatic carbocycles. The van der Waals surface area contributed by atoms with Gasteiger partial charge in [-0.05, 0) is 0 Å². The predicted octanol–water partition coefficient (Wildman–Crippen LogP) is -5.54. The fourth-order valence-electron chi connectivity index (χ4n) is 1.28. The lowest BCUT2D eigenvalue weighted by Crippen LogP contribution is -2.55. The molecule has 9 N–H and O–H groups in total. The van der Waals surface area contributed by atoms with Crippen molar-refractivity contribution in [3.05, 3.63) is 0 Å². The third-order valence-electron chi connectivity index (χ3n) is 2.59. The van der Waals surface area contributed by atoms with Crippen LogP contribution < -0.4 is 21.7 Å². The standard InChI is InChI=1S/C11H20N4O8/c12-5(2-16)9(20)13-1-8(19)14-6(3-17)10(21)15-7(4-18)11(22)23/h5-7,16-18H,1-4,12H2,(H,13,20)(H,14,19)(H,15,21)(H,22,23). The molecule has 0 aliphatic rings. The minimum atomic E-state index is -1.59. The third kappa shape index (κ3) is 7.51. The van der Waals surface area contributed by atoms with E-state index in [4.69, 9.17) is 26.2 Å². The Morgan fingerprint density at radius 1 is 0.870 bits per heavy atom. The van der Waals surface area contributed by atoms with E-state index < -0.39 is 68.2 Å². The molecule has 0 bridgehead atoms. The maximum Gasteiger partial charge on any atom is 0.328 e. The van der Waals surface area contributed by atoms with Gasteiger partial charge in [0.2, 0.25) is 17.7 Å². The first-order chi connectivity index (χ1) is 10.8. The first-order valence-corrected chi connectivity index (χ1v) is 6.45. The van der Waals surface area contributed by atoms with E-state index in [1.807, 2.05) is 5.32 Å². The Hall–Kier alpha value is -2.28. The normalized spacial score (nSPS) is 14.3. The number of hydrogen-bond acceptors (Lipinski definition) is 8. The number of carbonyl (C=O) groups is 4. The van der Waals surface area contributed by atoms with E-state index in [0.717, 1.165) is 0 Å². The summed E-state index contributed by atoms with van der Waals surface area (Å²) < 4.78 is 0. The van der Waals surface area contributed by atoms with Gasteiger partial charge in [-0.1, -0.05) is 0 Å². The molecule has 0 aliphatic heterocycles. The van der Waals surface area contributed by atoms with E-state index in [2.05, 4.69) is 10.6 Å². The highest BCUT2D eigenvalue weighted by Crippen LogP contribution is 1.89. The summed E-state index contributed by atoms with van der Waals surface area (Å²) in [4.78, 5) is 45.1. The lowest BCUT2D eigenvalue weighted by Gasteiger charge is -2.19. The summed E-state index contributed by atoms with van der Waals surface area (Å²) in [7, 11) is 0. The molecule has 0 aromatic carbocycles. The van der Waals surface area contributed by atoms with Gasteiger partial charge in [-0.25, -0.2) is 4.79 Å². The number of rotatable bonds is 10. The van der Waals surface area contributed by atoms with Crippen molar-refractivity contribution in [3.63, 3.8) is 0 Å². The Balaban J connectivity index is 4.46. The number of aliphatic carboxylic acids is 1. The number of carboxylic acid groups (broad SMARTS) is 1. The van der Waals surface area contributed by atoms with Crippen LogP contribution in [0.3, 0.4) is 0 Å². The van der Waals surface area contributed by atoms with Crippen molar-refractivity contribution in [2.24, 2.45) is 5.73 Å². The van der Waals surface area contributed by atoms with Crippen molar-refractivity contribution in [1.29, 1.82) is 0 Å². The quantitative estimate of drug-likeness (QED) is 0.191. The van der Waals surface area contributed by atoms with Crippen LogP contribution >= 0.6 is 0 Å². The van der Waals surface area contributed by atoms with E-state index in [1.165, 1.54) is 0 Å². The van der Waals surface area contributed by atoms with Gasteiger partial charge >= 0.3 is 5.97 Å². The van der Waals surface area contributed by atoms with Crippen LogP contribution in [-0.2, 0) is 19.2 Å². The number of nitrogens with one attached hydrogen (secondary N) is 3. The van der Waals surface area contributed by atoms with Crippen LogP contribution in [-0.4, -0.2) is 88.6 Å². The van der Waals surface area contributed by atoms with Crippen LogP contribution in [0.2, 0.25) is 0 Å². The van der Waals surface area contributed by atoms with Crippen molar-refractivity contribution < 1.29 is 39.6 Å². The number of carboxylic acids is 1. The monoisotopic (exact) mass is 336 g/mol. The summed E-state index contributed by atoms with van der Waals surface area (Å²) in [6.45, 7) is -2.90. The van der Waals surface area contributed by atoms with Gasteiger partial charge in [-0.3, -0.25) is 14.4 Å². The highest BCUT2D eigenvalue weighted by molar-refractivity contribution is 5.92. The van der Waals surface area contributed by atoms with Crippen molar-refractivity contribution >= 4 is 23.7 Å². The summed E-state index contributed by atoms with van der Waals surface area (Å²) >= 11 is 0. The zero-order valence-corrected chi connectivity index (χ0v) is 12.1. The fourth-order valence-corrected chi connectivity index (χ4v) is 1.28. The average molecular weight is 336 g/mol. The molecule has 3 unspecified atom stereocenters. The molecular formula is C11H20N4O8. The van der Waals surface area contributed by atoms with Crippen LogP contribution in [0.1, 0.15) is 0 Å². The molecule has 0 heterocycles. The van der Waals surface area contributed by atoms with Crippen molar-refractivity contribution in [3.8, 4) is 0 Å². The molecule has 132 valence electrons. The van der Waals surface area contributed by atoms with Crippen molar-refractivity contribution in [2.75, 3.05) is 26.4 Å². The van der Waals surface area contributed by atoms with E-state index in [1.54, 1.807) is 0 Å². The molecular weight excluding hydrogens is 316 g/mol. The maximum absolute atomic E-state index is 11.7. The zero-order chi connectivity index (χ0) is 18.0. The van der Waals surface area contributed by atoms with Gasteiger partial charge in [0, 0.05) is 0 Å². The Kier molecular flexibility index (Phi) is 9.41. The Labute approximate surface area is 130 Å².